The lowest BCUT2D eigenvalue weighted by molar-refractivity contribution is -0.385. The van der Waals surface area contributed by atoms with Crippen LogP contribution >= 0.6 is 0 Å². The first kappa shape index (κ1) is 17.7. The molecule has 0 radical (unpaired) electrons. The number of nitriles is 1. The van der Waals surface area contributed by atoms with Gasteiger partial charge in [-0.15, -0.1) is 0 Å². The highest BCUT2D eigenvalue weighted by atomic mass is 16.6. The van der Waals surface area contributed by atoms with Crippen LogP contribution < -0.4 is 10.2 Å². The number of benzene rings is 2. The fraction of sp³-hybridized carbons (Fsp3) is 0.0526. The average Bonchev–Trinajstić information content (AvgIpc) is 2.67. The molecule has 27 heavy (non-hydrogen) atoms. The minimum absolute atomic E-state index is 0.0324. The van der Waals surface area contributed by atoms with Crippen molar-refractivity contribution in [2.24, 2.45) is 0 Å². The number of methoxy groups -OCH3 is 1. The number of hydrogen-bond donors (Lipinski definition) is 1. The van der Waals surface area contributed by atoms with E-state index in [4.69, 9.17) is 9.15 Å². The second-order valence-electron chi connectivity index (χ2n) is 5.48. The van der Waals surface area contributed by atoms with Crippen molar-refractivity contribution < 1.29 is 19.2 Å². The molecule has 0 saturated carbocycles. The molecule has 1 heterocycles. The second-order valence-corrected chi connectivity index (χ2v) is 5.48. The van der Waals surface area contributed by atoms with E-state index in [9.17, 15) is 25.3 Å². The molecule has 0 aliphatic heterocycles. The van der Waals surface area contributed by atoms with Crippen LogP contribution in [0, 0.1) is 21.4 Å². The lowest BCUT2D eigenvalue weighted by Crippen LogP contribution is -2.05. The summed E-state index contributed by atoms with van der Waals surface area (Å²) < 4.78 is 10.3. The van der Waals surface area contributed by atoms with E-state index in [0.717, 1.165) is 6.26 Å². The molecule has 8 nitrogen and oxygen atoms in total. The van der Waals surface area contributed by atoms with Crippen LogP contribution in [0.15, 0.2) is 51.9 Å². The Hall–Kier alpha value is -4.12. The number of nitro benzene ring substituents is 1. The van der Waals surface area contributed by atoms with Crippen molar-refractivity contribution in [1.82, 2.24) is 0 Å². The average molecular weight is 364 g/mol. The van der Waals surface area contributed by atoms with Gasteiger partial charge in [-0.1, -0.05) is 12.1 Å². The largest absolute Gasteiger partial charge is 0.504 e. The maximum Gasteiger partial charge on any atom is 0.277 e. The van der Waals surface area contributed by atoms with Gasteiger partial charge in [-0.2, -0.15) is 5.26 Å². The molecule has 3 aromatic rings. The zero-order chi connectivity index (χ0) is 19.6. The minimum Gasteiger partial charge on any atom is -0.504 e. The van der Waals surface area contributed by atoms with E-state index in [2.05, 4.69) is 0 Å². The first-order valence-electron chi connectivity index (χ1n) is 7.64. The van der Waals surface area contributed by atoms with Gasteiger partial charge >= 0.3 is 0 Å². The zero-order valence-corrected chi connectivity index (χ0v) is 14.0. The second kappa shape index (κ2) is 7.01. The fourth-order valence-electron chi connectivity index (χ4n) is 2.61. The van der Waals surface area contributed by atoms with Gasteiger partial charge in [-0.3, -0.25) is 14.9 Å². The third-order valence-electron chi connectivity index (χ3n) is 3.91. The standard InChI is InChI=1S/C19H12N2O6/c1-26-18-7-14-17(8-16(18)22)27-10-12(19(14)23)6-11(9-20)13-4-2-3-5-15(13)21(24)25/h2-8,10,22H,1H3/b11-6+. The fourth-order valence-corrected chi connectivity index (χ4v) is 2.61. The molecule has 0 saturated heterocycles. The van der Waals surface area contributed by atoms with E-state index in [0.29, 0.717) is 0 Å². The molecule has 0 atom stereocenters. The van der Waals surface area contributed by atoms with Crippen LogP contribution in [0.5, 0.6) is 11.5 Å². The van der Waals surface area contributed by atoms with Gasteiger partial charge in [0.25, 0.3) is 5.69 Å². The summed E-state index contributed by atoms with van der Waals surface area (Å²) in [6.07, 6.45) is 2.36. The number of phenolic OH excluding ortho intramolecular Hbond substituents is 1. The van der Waals surface area contributed by atoms with Crippen LogP contribution in [-0.4, -0.2) is 17.1 Å². The molecule has 0 amide bonds. The Bertz CT molecular complexity index is 1190. The van der Waals surface area contributed by atoms with E-state index in [-0.39, 0.29) is 44.9 Å². The molecule has 134 valence electrons. The highest BCUT2D eigenvalue weighted by Gasteiger charge is 2.17. The van der Waals surface area contributed by atoms with Crippen molar-refractivity contribution in [2.75, 3.05) is 7.11 Å². The first-order valence-corrected chi connectivity index (χ1v) is 7.64. The number of nitro groups is 1. The Morgan fingerprint density at radius 1 is 1.37 bits per heavy atom. The molecule has 8 heteroatoms. The van der Waals surface area contributed by atoms with Gasteiger partial charge in [-0.05, 0) is 18.2 Å². The summed E-state index contributed by atoms with van der Waals surface area (Å²) in [5.74, 6) is -0.0933. The lowest BCUT2D eigenvalue weighted by atomic mass is 10.0. The Labute approximate surface area is 152 Å². The van der Waals surface area contributed by atoms with Crippen molar-refractivity contribution in [3.8, 4) is 17.6 Å². The molecule has 0 unspecified atom stereocenters. The number of fused-ring (bicyclic) bond motifs is 1. The summed E-state index contributed by atoms with van der Waals surface area (Å²) >= 11 is 0. The molecule has 0 spiro atoms. The van der Waals surface area contributed by atoms with E-state index in [1.807, 2.05) is 6.07 Å². The minimum atomic E-state index is -0.600. The highest BCUT2D eigenvalue weighted by Crippen LogP contribution is 2.31. The number of phenols is 1. The smallest absolute Gasteiger partial charge is 0.277 e. The molecular weight excluding hydrogens is 352 g/mol. The van der Waals surface area contributed by atoms with Crippen LogP contribution in [0.2, 0.25) is 0 Å². The van der Waals surface area contributed by atoms with Crippen LogP contribution in [-0.2, 0) is 0 Å². The SMILES string of the molecule is COc1cc2c(=O)c(/C=C(\C#N)c3ccccc3[N+](=O)[O-])coc2cc1O. The summed E-state index contributed by atoms with van der Waals surface area (Å²) in [6.45, 7) is 0. The molecule has 1 aromatic heterocycles. The molecule has 2 aromatic carbocycles. The van der Waals surface area contributed by atoms with Crippen molar-refractivity contribution in [3.05, 3.63) is 74.1 Å². The number of hydrogen-bond acceptors (Lipinski definition) is 7. The zero-order valence-electron chi connectivity index (χ0n) is 14.0. The van der Waals surface area contributed by atoms with Gasteiger partial charge in [0.1, 0.15) is 17.9 Å². The van der Waals surface area contributed by atoms with Crippen molar-refractivity contribution in [3.63, 3.8) is 0 Å². The molecule has 0 aliphatic carbocycles. The monoisotopic (exact) mass is 364 g/mol. The van der Waals surface area contributed by atoms with E-state index in [1.165, 1.54) is 43.5 Å². The molecule has 3 rings (SSSR count). The van der Waals surface area contributed by atoms with Crippen LogP contribution in [0.3, 0.4) is 0 Å². The topological polar surface area (TPSA) is 127 Å². The van der Waals surface area contributed by atoms with E-state index < -0.39 is 10.4 Å². The van der Waals surface area contributed by atoms with Gasteiger partial charge in [-0.25, -0.2) is 0 Å². The summed E-state index contributed by atoms with van der Waals surface area (Å²) in [5, 5.41) is 30.5. The molecule has 0 bridgehead atoms. The molecule has 1 N–H and O–H groups in total. The van der Waals surface area contributed by atoms with Crippen molar-refractivity contribution in [1.29, 1.82) is 5.26 Å². The van der Waals surface area contributed by atoms with Crippen LogP contribution in [0.25, 0.3) is 22.6 Å². The van der Waals surface area contributed by atoms with E-state index >= 15 is 0 Å². The predicted octanol–water partition coefficient (Wildman–Crippen LogP) is 3.48. The normalized spacial score (nSPS) is 11.2. The molecule has 0 aliphatic rings. The number of ether oxygens (including phenoxy) is 1. The number of aromatic hydroxyl groups is 1. The van der Waals surface area contributed by atoms with E-state index in [1.54, 1.807) is 6.07 Å². The summed E-state index contributed by atoms with van der Waals surface area (Å²) in [7, 11) is 1.34. The van der Waals surface area contributed by atoms with Crippen molar-refractivity contribution >= 4 is 28.3 Å². The van der Waals surface area contributed by atoms with Crippen LogP contribution in [0.4, 0.5) is 5.69 Å². The summed E-state index contributed by atoms with van der Waals surface area (Å²) in [6, 6.07) is 10.2. The van der Waals surface area contributed by atoms with Gasteiger partial charge < -0.3 is 14.3 Å². The molecule has 0 fully saturated rings. The Balaban J connectivity index is 2.22. The van der Waals surface area contributed by atoms with Crippen molar-refractivity contribution in [2.45, 2.75) is 0 Å². The number of allylic oxidation sites excluding steroid dienone is 1. The number of para-hydroxylation sites is 1. The Kier molecular flexibility index (Phi) is 4.60. The maximum atomic E-state index is 12.7. The lowest BCUT2D eigenvalue weighted by Gasteiger charge is -2.05. The van der Waals surface area contributed by atoms with Gasteiger partial charge in [0.2, 0.25) is 0 Å². The van der Waals surface area contributed by atoms with Crippen LogP contribution in [0.1, 0.15) is 11.1 Å². The predicted molar refractivity (Wildman–Crippen MR) is 97.3 cm³/mol. The summed E-state index contributed by atoms with van der Waals surface area (Å²) in [5.41, 5.74) is -0.514. The number of rotatable bonds is 4. The third kappa shape index (κ3) is 3.21. The van der Waals surface area contributed by atoms with Gasteiger partial charge in [0, 0.05) is 12.1 Å². The number of nitrogens with zero attached hydrogens (tertiary/aromatic N) is 2. The first-order chi connectivity index (χ1) is 13.0. The Morgan fingerprint density at radius 2 is 2.11 bits per heavy atom. The summed E-state index contributed by atoms with van der Waals surface area (Å²) in [4.78, 5) is 23.3. The Morgan fingerprint density at radius 3 is 2.78 bits per heavy atom. The third-order valence-corrected chi connectivity index (χ3v) is 3.91. The van der Waals surface area contributed by atoms with Gasteiger partial charge in [0.05, 0.1) is 34.1 Å². The quantitative estimate of drug-likeness (QED) is 0.426. The van der Waals surface area contributed by atoms with Gasteiger partial charge in [0.15, 0.2) is 16.9 Å². The molecular formula is C19H12N2O6. The maximum absolute atomic E-state index is 12.7. The highest BCUT2D eigenvalue weighted by molar-refractivity contribution is 5.93.